The van der Waals surface area contributed by atoms with Gasteiger partial charge in [-0.15, -0.1) is 11.3 Å². The Hall–Kier alpha value is -3.44. The van der Waals surface area contributed by atoms with Crippen LogP contribution in [0.4, 0.5) is 4.39 Å². The average Bonchev–Trinajstić information content (AvgIpc) is 3.33. The quantitative estimate of drug-likeness (QED) is 0.345. The van der Waals surface area contributed by atoms with Gasteiger partial charge in [0.1, 0.15) is 11.6 Å². The van der Waals surface area contributed by atoms with Crippen LogP contribution >= 0.6 is 11.3 Å². The topological polar surface area (TPSA) is 29.5 Å². The van der Waals surface area contributed by atoms with E-state index in [4.69, 9.17) is 4.74 Å². The predicted molar refractivity (Wildman–Crippen MR) is 133 cm³/mol. The molecular weight excluding hydrogens is 445 g/mol. The van der Waals surface area contributed by atoms with E-state index in [-0.39, 0.29) is 17.8 Å². The molecule has 0 N–H and O–H groups in total. The Morgan fingerprint density at radius 1 is 0.941 bits per heavy atom. The van der Waals surface area contributed by atoms with Gasteiger partial charge in [-0.05, 0) is 83.0 Å². The fourth-order valence-electron chi connectivity index (χ4n) is 5.26. The number of ether oxygens (including phenoxy) is 1. The number of thiophene rings is 1. The normalized spacial score (nSPS) is 16.4. The van der Waals surface area contributed by atoms with Crippen LogP contribution < -0.4 is 4.74 Å². The maximum absolute atomic E-state index is 14.0. The van der Waals surface area contributed by atoms with Crippen molar-refractivity contribution in [2.75, 3.05) is 13.7 Å². The number of hydrogen-bond donors (Lipinski definition) is 0. The molecule has 0 spiro atoms. The first-order chi connectivity index (χ1) is 16.6. The Morgan fingerprint density at radius 2 is 1.74 bits per heavy atom. The van der Waals surface area contributed by atoms with E-state index < -0.39 is 0 Å². The summed E-state index contributed by atoms with van der Waals surface area (Å²) < 4.78 is 19.1. The number of benzene rings is 3. The van der Waals surface area contributed by atoms with Crippen molar-refractivity contribution in [3.05, 3.63) is 111 Å². The van der Waals surface area contributed by atoms with Crippen LogP contribution in [0.2, 0.25) is 0 Å². The minimum atomic E-state index is -0.272. The van der Waals surface area contributed by atoms with Crippen LogP contribution in [0.3, 0.4) is 0 Å². The fourth-order valence-corrected chi connectivity index (χ4v) is 6.48. The SMILES string of the molecule is COc1ccc2c(c1)-c1sc(C(=O)N3CCc4ccccc4C3c3ccc(F)cc3)cc1CC2. The second-order valence-electron chi connectivity index (χ2n) is 8.89. The summed E-state index contributed by atoms with van der Waals surface area (Å²) in [6.45, 7) is 0.630. The van der Waals surface area contributed by atoms with Crippen LogP contribution in [0.25, 0.3) is 10.4 Å². The number of methoxy groups -OCH3 is 1. The van der Waals surface area contributed by atoms with E-state index in [0.717, 1.165) is 41.0 Å². The highest BCUT2D eigenvalue weighted by Gasteiger charge is 2.34. The van der Waals surface area contributed by atoms with Crippen molar-refractivity contribution in [3.63, 3.8) is 0 Å². The Kier molecular flexibility index (Phi) is 5.22. The lowest BCUT2D eigenvalue weighted by Crippen LogP contribution is -2.40. The zero-order chi connectivity index (χ0) is 23.2. The Bertz CT molecular complexity index is 1390. The maximum atomic E-state index is 14.0. The fraction of sp³-hybridized carbons (Fsp3) is 0.207. The van der Waals surface area contributed by atoms with Gasteiger partial charge in [0, 0.05) is 11.4 Å². The van der Waals surface area contributed by atoms with E-state index in [1.54, 1.807) is 30.6 Å². The first-order valence-corrected chi connectivity index (χ1v) is 12.4. The van der Waals surface area contributed by atoms with Crippen LogP contribution in [0.1, 0.15) is 43.5 Å². The van der Waals surface area contributed by atoms with Crippen molar-refractivity contribution < 1.29 is 13.9 Å². The molecule has 2 heterocycles. The number of rotatable bonds is 3. The van der Waals surface area contributed by atoms with Gasteiger partial charge in [0.25, 0.3) is 5.91 Å². The molecule has 1 aromatic heterocycles. The summed E-state index contributed by atoms with van der Waals surface area (Å²) in [6.07, 6.45) is 2.71. The molecule has 1 amide bonds. The van der Waals surface area contributed by atoms with Gasteiger partial charge >= 0.3 is 0 Å². The van der Waals surface area contributed by atoms with Gasteiger partial charge < -0.3 is 9.64 Å². The summed E-state index contributed by atoms with van der Waals surface area (Å²) in [4.78, 5) is 17.8. The standard InChI is InChI=1S/C29H24FNO2S/c1-33-23-13-10-19-6-7-21-16-26(34-28(21)25(19)17-23)29(32)31-15-14-18-4-2-3-5-24(18)27(31)20-8-11-22(30)12-9-20/h2-5,8-13,16-17,27H,6-7,14-15H2,1H3. The lowest BCUT2D eigenvalue weighted by atomic mass is 9.88. The number of carbonyl (C=O) groups is 1. The van der Waals surface area contributed by atoms with Crippen molar-refractivity contribution in [2.24, 2.45) is 0 Å². The summed E-state index contributed by atoms with van der Waals surface area (Å²) in [7, 11) is 1.68. The third kappa shape index (κ3) is 3.51. The lowest BCUT2D eigenvalue weighted by molar-refractivity contribution is 0.0699. The van der Waals surface area contributed by atoms with Crippen molar-refractivity contribution in [3.8, 4) is 16.2 Å². The van der Waals surface area contributed by atoms with Gasteiger partial charge in [-0.3, -0.25) is 4.79 Å². The smallest absolute Gasteiger partial charge is 0.264 e. The maximum Gasteiger partial charge on any atom is 0.264 e. The van der Waals surface area contributed by atoms with Crippen LogP contribution in [-0.2, 0) is 19.3 Å². The Morgan fingerprint density at radius 3 is 2.56 bits per heavy atom. The van der Waals surface area contributed by atoms with Crippen molar-refractivity contribution >= 4 is 17.2 Å². The van der Waals surface area contributed by atoms with Gasteiger partial charge in [-0.25, -0.2) is 4.39 Å². The second-order valence-corrected chi connectivity index (χ2v) is 9.94. The monoisotopic (exact) mass is 469 g/mol. The van der Waals surface area contributed by atoms with Gasteiger partial charge in [0.2, 0.25) is 0 Å². The van der Waals surface area contributed by atoms with E-state index in [1.165, 1.54) is 39.3 Å². The summed E-state index contributed by atoms with van der Waals surface area (Å²) in [6, 6.07) is 22.9. The highest BCUT2D eigenvalue weighted by molar-refractivity contribution is 7.17. The molecule has 0 saturated heterocycles. The molecular formula is C29H24FNO2S. The number of fused-ring (bicyclic) bond motifs is 4. The van der Waals surface area contributed by atoms with E-state index >= 15 is 0 Å². The van der Waals surface area contributed by atoms with E-state index in [0.29, 0.717) is 6.54 Å². The molecule has 4 aromatic rings. The molecule has 1 atom stereocenters. The van der Waals surface area contributed by atoms with E-state index in [1.807, 2.05) is 23.1 Å². The third-order valence-electron chi connectivity index (χ3n) is 6.98. The Balaban J connectivity index is 1.41. The van der Waals surface area contributed by atoms with Gasteiger partial charge in [0.05, 0.1) is 18.0 Å². The minimum Gasteiger partial charge on any atom is -0.497 e. The van der Waals surface area contributed by atoms with Crippen molar-refractivity contribution in [2.45, 2.75) is 25.3 Å². The minimum absolute atomic E-state index is 0.0349. The molecule has 1 unspecified atom stereocenters. The van der Waals surface area contributed by atoms with Crippen LogP contribution in [-0.4, -0.2) is 24.5 Å². The highest BCUT2D eigenvalue weighted by Crippen LogP contribution is 2.43. The number of nitrogens with zero attached hydrogens (tertiary/aromatic N) is 1. The highest BCUT2D eigenvalue weighted by atomic mass is 32.1. The second kappa shape index (κ2) is 8.41. The third-order valence-corrected chi connectivity index (χ3v) is 8.17. The van der Waals surface area contributed by atoms with Crippen LogP contribution in [0.5, 0.6) is 5.75 Å². The number of carbonyl (C=O) groups excluding carboxylic acids is 1. The van der Waals surface area contributed by atoms with Crippen molar-refractivity contribution in [1.29, 1.82) is 0 Å². The predicted octanol–water partition coefficient (Wildman–Crippen LogP) is 6.45. The molecule has 1 aliphatic heterocycles. The molecule has 1 aliphatic carbocycles. The summed E-state index contributed by atoms with van der Waals surface area (Å²) in [5.74, 6) is 0.593. The van der Waals surface area contributed by atoms with Crippen LogP contribution in [0, 0.1) is 5.82 Å². The van der Waals surface area contributed by atoms with Crippen LogP contribution in [0.15, 0.2) is 72.8 Å². The average molecular weight is 470 g/mol. The summed E-state index contributed by atoms with van der Waals surface area (Å²) >= 11 is 1.57. The molecule has 2 aliphatic rings. The van der Waals surface area contributed by atoms with Gasteiger partial charge in [-0.1, -0.05) is 42.5 Å². The van der Waals surface area contributed by atoms with Gasteiger partial charge in [0.15, 0.2) is 0 Å². The number of aryl methyl sites for hydroxylation is 2. The molecule has 3 aromatic carbocycles. The molecule has 0 saturated carbocycles. The zero-order valence-electron chi connectivity index (χ0n) is 18.9. The summed E-state index contributed by atoms with van der Waals surface area (Å²) in [5, 5.41) is 0. The first-order valence-electron chi connectivity index (χ1n) is 11.6. The van der Waals surface area contributed by atoms with E-state index in [2.05, 4.69) is 30.3 Å². The summed E-state index contributed by atoms with van der Waals surface area (Å²) in [5.41, 5.74) is 6.98. The lowest BCUT2D eigenvalue weighted by Gasteiger charge is -2.37. The zero-order valence-corrected chi connectivity index (χ0v) is 19.7. The molecule has 5 heteroatoms. The molecule has 0 radical (unpaired) electrons. The molecule has 0 bridgehead atoms. The van der Waals surface area contributed by atoms with Gasteiger partial charge in [-0.2, -0.15) is 0 Å². The number of amides is 1. The molecule has 170 valence electrons. The number of halogens is 1. The molecule has 34 heavy (non-hydrogen) atoms. The molecule has 0 fully saturated rings. The largest absolute Gasteiger partial charge is 0.497 e. The molecule has 3 nitrogen and oxygen atoms in total. The van der Waals surface area contributed by atoms with Crippen molar-refractivity contribution in [1.82, 2.24) is 4.90 Å². The Labute approximate surface area is 202 Å². The number of hydrogen-bond acceptors (Lipinski definition) is 3. The van der Waals surface area contributed by atoms with E-state index in [9.17, 15) is 9.18 Å². The molecule has 6 rings (SSSR count). The first kappa shape index (κ1) is 21.1.